The molecule has 0 aliphatic carbocycles. The molecule has 0 aromatic rings. The summed E-state index contributed by atoms with van der Waals surface area (Å²) in [5.41, 5.74) is 0. The number of aliphatic carboxylic acids is 1. The Balaban J connectivity index is 0. The fraction of sp³-hybridized carbons (Fsp3) is 0.625. The molecule has 2 nitrogen and oxygen atoms in total. The van der Waals surface area contributed by atoms with Crippen molar-refractivity contribution in [2.24, 2.45) is 0 Å². The number of hydrogen-bond acceptors (Lipinski definition) is 2. The van der Waals surface area contributed by atoms with Gasteiger partial charge in [-0.05, 0) is 6.42 Å². The first-order valence-electron chi connectivity index (χ1n) is 3.70. The maximum absolute atomic E-state index is 10.1. The third-order valence-corrected chi connectivity index (χ3v) is 1.58. The molecule has 0 bridgehead atoms. The Hall–Kier alpha value is 1.14. The first-order chi connectivity index (χ1) is 5.18. The Kier molecular flexibility index (Phi) is 13.3. The number of carbonyl (C=O) groups is 1. The Morgan fingerprint density at radius 2 is 2.25 bits per heavy atom. The van der Waals surface area contributed by atoms with Crippen LogP contribution in [0, 0.1) is 0 Å². The van der Waals surface area contributed by atoms with Gasteiger partial charge in [0.05, 0.1) is 11.3 Å². The average Bonchev–Trinajstić information content (AvgIpc) is 1.97. The molecule has 0 amide bonds. The number of carbonyl (C=O) groups excluding carboxylic acids is 1. The minimum absolute atomic E-state index is 0. The van der Waals surface area contributed by atoms with Gasteiger partial charge in [-0.2, -0.15) is 0 Å². The molecule has 12 heavy (non-hydrogen) atoms. The molecule has 1 unspecified atom stereocenters. The van der Waals surface area contributed by atoms with Crippen LogP contribution in [0.15, 0.2) is 12.2 Å². The number of hydrogen-bond donors (Lipinski definition) is 0. The largest absolute Gasteiger partial charge is 1.00 e. The zero-order chi connectivity index (χ0) is 8.69. The monoisotopic (exact) mass is 214 g/mol. The Bertz CT molecular complexity index is 148. The van der Waals surface area contributed by atoms with Gasteiger partial charge in [-0.3, -0.25) is 0 Å². The molecule has 64 valence electrons. The van der Waals surface area contributed by atoms with Gasteiger partial charge in [-0.25, -0.2) is 0 Å². The molecule has 0 aliphatic heterocycles. The topological polar surface area (TPSA) is 40.1 Å². The number of carboxylic acids is 1. The van der Waals surface area contributed by atoms with E-state index in [0.29, 0.717) is 0 Å². The SMILES string of the molecule is CCCC/C=C/C(Cl)C(=O)[O-].[K+]. The van der Waals surface area contributed by atoms with Crippen molar-refractivity contribution in [1.29, 1.82) is 0 Å². The van der Waals surface area contributed by atoms with Crippen molar-refractivity contribution in [3.05, 3.63) is 12.2 Å². The molecule has 4 heteroatoms. The molecule has 0 rings (SSSR count). The number of unbranched alkanes of at least 4 members (excludes halogenated alkanes) is 2. The number of allylic oxidation sites excluding steroid dienone is 1. The summed E-state index contributed by atoms with van der Waals surface area (Å²) in [6.07, 6.45) is 6.27. The molecule has 0 saturated carbocycles. The molecule has 0 aliphatic rings. The van der Waals surface area contributed by atoms with Crippen LogP contribution in [-0.2, 0) is 4.79 Å². The maximum atomic E-state index is 10.1. The zero-order valence-electron chi connectivity index (χ0n) is 7.55. The van der Waals surface area contributed by atoms with E-state index >= 15 is 0 Å². The van der Waals surface area contributed by atoms with Crippen LogP contribution < -0.4 is 56.5 Å². The van der Waals surface area contributed by atoms with Crippen LogP contribution in [0.4, 0.5) is 0 Å². The van der Waals surface area contributed by atoms with E-state index in [-0.39, 0.29) is 51.4 Å². The van der Waals surface area contributed by atoms with Gasteiger partial charge in [0.2, 0.25) is 0 Å². The number of halogens is 1. The first kappa shape index (κ1) is 15.6. The summed E-state index contributed by atoms with van der Waals surface area (Å²) >= 11 is 5.35. The summed E-state index contributed by atoms with van der Waals surface area (Å²) in [5, 5.41) is 9.09. The van der Waals surface area contributed by atoms with E-state index in [1.165, 1.54) is 6.08 Å². The average molecular weight is 215 g/mol. The van der Waals surface area contributed by atoms with Crippen molar-refractivity contribution in [2.45, 2.75) is 31.6 Å². The minimum Gasteiger partial charge on any atom is -0.548 e. The van der Waals surface area contributed by atoms with E-state index in [2.05, 4.69) is 6.92 Å². The summed E-state index contributed by atoms with van der Waals surface area (Å²) in [4.78, 5) is 10.1. The second-order valence-corrected chi connectivity index (χ2v) is 2.76. The standard InChI is InChI=1S/C8H13ClO2.K/c1-2-3-4-5-6-7(9)8(10)11;/h5-7H,2-4H2,1H3,(H,10,11);/q;+1/p-1/b6-5+;. The molecule has 0 N–H and O–H groups in total. The maximum Gasteiger partial charge on any atom is 1.00 e. The second kappa shape index (κ2) is 10.2. The molecule has 0 heterocycles. The van der Waals surface area contributed by atoms with E-state index in [1.54, 1.807) is 6.08 Å². The zero-order valence-corrected chi connectivity index (χ0v) is 11.4. The van der Waals surface area contributed by atoms with E-state index in [4.69, 9.17) is 11.6 Å². The van der Waals surface area contributed by atoms with Gasteiger partial charge in [0, 0.05) is 0 Å². The van der Waals surface area contributed by atoms with Crippen LogP contribution in [0.5, 0.6) is 0 Å². The van der Waals surface area contributed by atoms with Crippen LogP contribution in [0.2, 0.25) is 0 Å². The molecule has 0 saturated heterocycles. The van der Waals surface area contributed by atoms with Crippen LogP contribution in [0.25, 0.3) is 0 Å². The van der Waals surface area contributed by atoms with Crippen molar-refractivity contribution in [3.8, 4) is 0 Å². The Labute approximate surface area is 121 Å². The normalized spacial score (nSPS) is 12.5. The van der Waals surface area contributed by atoms with Crippen molar-refractivity contribution >= 4 is 17.6 Å². The van der Waals surface area contributed by atoms with E-state index in [9.17, 15) is 9.90 Å². The van der Waals surface area contributed by atoms with E-state index in [0.717, 1.165) is 19.3 Å². The smallest absolute Gasteiger partial charge is 0.548 e. The summed E-state index contributed by atoms with van der Waals surface area (Å²) in [6, 6.07) is 0. The third-order valence-electron chi connectivity index (χ3n) is 1.25. The van der Waals surface area contributed by atoms with Crippen molar-refractivity contribution in [2.75, 3.05) is 0 Å². The van der Waals surface area contributed by atoms with Gasteiger partial charge < -0.3 is 9.90 Å². The van der Waals surface area contributed by atoms with Crippen molar-refractivity contribution < 1.29 is 61.3 Å². The third kappa shape index (κ3) is 9.23. The predicted octanol–water partition coefficient (Wildman–Crippen LogP) is -1.91. The molecule has 0 radical (unpaired) electrons. The van der Waals surface area contributed by atoms with Crippen LogP contribution >= 0.6 is 11.6 Å². The molecule has 0 spiro atoms. The summed E-state index contributed by atoms with van der Waals surface area (Å²) in [7, 11) is 0. The second-order valence-electron chi connectivity index (χ2n) is 2.29. The molecular weight excluding hydrogens is 203 g/mol. The van der Waals surface area contributed by atoms with Crippen LogP contribution in [0.1, 0.15) is 26.2 Å². The number of carboxylic acid groups (broad SMARTS) is 1. The van der Waals surface area contributed by atoms with E-state index in [1.807, 2.05) is 0 Å². The van der Waals surface area contributed by atoms with E-state index < -0.39 is 11.3 Å². The minimum atomic E-state index is -1.24. The predicted molar refractivity (Wildman–Crippen MR) is 43.3 cm³/mol. The molecule has 0 aromatic carbocycles. The van der Waals surface area contributed by atoms with Crippen LogP contribution in [-0.4, -0.2) is 11.3 Å². The molecular formula is C8H12ClKO2. The van der Waals surface area contributed by atoms with Crippen molar-refractivity contribution in [3.63, 3.8) is 0 Å². The number of alkyl halides is 1. The fourth-order valence-corrected chi connectivity index (χ4v) is 0.719. The van der Waals surface area contributed by atoms with Gasteiger partial charge in [-0.1, -0.05) is 31.9 Å². The number of rotatable bonds is 5. The van der Waals surface area contributed by atoms with Gasteiger partial charge in [-0.15, -0.1) is 11.6 Å². The fourth-order valence-electron chi connectivity index (χ4n) is 0.616. The van der Waals surface area contributed by atoms with Gasteiger partial charge in [0.15, 0.2) is 0 Å². The summed E-state index contributed by atoms with van der Waals surface area (Å²) in [6.45, 7) is 2.07. The summed E-state index contributed by atoms with van der Waals surface area (Å²) in [5.74, 6) is -1.24. The van der Waals surface area contributed by atoms with Gasteiger partial charge in [0.25, 0.3) is 0 Å². The first-order valence-corrected chi connectivity index (χ1v) is 4.13. The Morgan fingerprint density at radius 1 is 1.67 bits per heavy atom. The molecule has 0 fully saturated rings. The molecule has 0 aromatic heterocycles. The molecule has 1 atom stereocenters. The van der Waals surface area contributed by atoms with Crippen LogP contribution in [0.3, 0.4) is 0 Å². The van der Waals surface area contributed by atoms with Crippen molar-refractivity contribution in [1.82, 2.24) is 0 Å². The quantitative estimate of drug-likeness (QED) is 0.232. The Morgan fingerprint density at radius 3 is 2.67 bits per heavy atom. The summed E-state index contributed by atoms with van der Waals surface area (Å²) < 4.78 is 0. The van der Waals surface area contributed by atoms with Gasteiger partial charge in [0.1, 0.15) is 0 Å². The van der Waals surface area contributed by atoms with Gasteiger partial charge >= 0.3 is 51.4 Å².